The minimum atomic E-state index is -0.308. The Morgan fingerprint density at radius 2 is 1.62 bits per heavy atom. The van der Waals surface area contributed by atoms with Crippen LogP contribution in [0.3, 0.4) is 0 Å². The lowest BCUT2D eigenvalue weighted by molar-refractivity contribution is -0.145. The van der Waals surface area contributed by atoms with Gasteiger partial charge in [-0.3, -0.25) is 9.59 Å². The molecule has 0 aliphatic carbocycles. The van der Waals surface area contributed by atoms with Gasteiger partial charge in [-0.25, -0.2) is 0 Å². The van der Waals surface area contributed by atoms with Gasteiger partial charge in [-0.2, -0.15) is 0 Å². The number of hydrogen-bond acceptors (Lipinski definition) is 4. The van der Waals surface area contributed by atoms with Gasteiger partial charge >= 0.3 is 5.97 Å². The van der Waals surface area contributed by atoms with E-state index in [2.05, 4.69) is 0 Å². The molecule has 0 aromatic heterocycles. The summed E-state index contributed by atoms with van der Waals surface area (Å²) in [4.78, 5) is 22.4. The van der Waals surface area contributed by atoms with Gasteiger partial charge in [-0.05, 0) is 13.8 Å². The summed E-state index contributed by atoms with van der Waals surface area (Å²) in [5, 5.41) is 0. The average molecular weight is 230 g/mol. The number of carbonyl (C=O) groups excluding carboxylic acids is 2. The van der Waals surface area contributed by atoms with Gasteiger partial charge in [0.25, 0.3) is 0 Å². The summed E-state index contributed by atoms with van der Waals surface area (Å²) >= 11 is 0. The third kappa shape index (κ3) is 8.41. The molecule has 0 N–H and O–H groups in total. The van der Waals surface area contributed by atoms with Gasteiger partial charge in [0, 0.05) is 12.3 Å². The molecule has 0 radical (unpaired) electrons. The molecule has 0 aliphatic rings. The maximum atomic E-state index is 11.2. The van der Waals surface area contributed by atoms with E-state index in [4.69, 9.17) is 9.47 Å². The third-order valence-corrected chi connectivity index (χ3v) is 2.01. The van der Waals surface area contributed by atoms with Gasteiger partial charge in [-0.1, -0.05) is 13.8 Å². The molecule has 0 rings (SSSR count). The summed E-state index contributed by atoms with van der Waals surface area (Å²) in [7, 11) is 0. The molecule has 94 valence electrons. The molecule has 0 bridgehead atoms. The molecule has 0 amide bonds. The predicted molar refractivity (Wildman–Crippen MR) is 61.1 cm³/mol. The molecule has 0 heterocycles. The standard InChI is InChI=1S/C12H22O4/c1-9(2)11(13)5-7-16-12(14)6-8-15-10(3)4/h9-10H,5-8H2,1-4H3. The zero-order valence-corrected chi connectivity index (χ0v) is 10.6. The topological polar surface area (TPSA) is 52.6 Å². The Balaban J connectivity index is 3.48. The van der Waals surface area contributed by atoms with Crippen LogP contribution in [0.25, 0.3) is 0 Å². The van der Waals surface area contributed by atoms with Crippen molar-refractivity contribution in [1.82, 2.24) is 0 Å². The Kier molecular flexibility index (Phi) is 7.81. The predicted octanol–water partition coefficient (Wildman–Crippen LogP) is 1.96. The van der Waals surface area contributed by atoms with E-state index in [0.29, 0.717) is 13.0 Å². The number of hydrogen-bond donors (Lipinski definition) is 0. The first-order valence-electron chi connectivity index (χ1n) is 5.73. The molecule has 0 saturated heterocycles. The minimum absolute atomic E-state index is 0.00276. The van der Waals surface area contributed by atoms with E-state index >= 15 is 0 Å². The van der Waals surface area contributed by atoms with Gasteiger partial charge in [0.1, 0.15) is 5.78 Å². The van der Waals surface area contributed by atoms with Gasteiger partial charge < -0.3 is 9.47 Å². The Hall–Kier alpha value is -0.900. The van der Waals surface area contributed by atoms with Gasteiger partial charge in [0.05, 0.1) is 25.7 Å². The Bertz CT molecular complexity index is 221. The monoisotopic (exact) mass is 230 g/mol. The zero-order chi connectivity index (χ0) is 12.6. The van der Waals surface area contributed by atoms with Crippen LogP contribution in [0.1, 0.15) is 40.5 Å². The first-order chi connectivity index (χ1) is 7.43. The number of carbonyl (C=O) groups is 2. The second kappa shape index (κ2) is 8.28. The molecular weight excluding hydrogens is 208 g/mol. The Morgan fingerprint density at radius 1 is 1.00 bits per heavy atom. The lowest BCUT2D eigenvalue weighted by Gasteiger charge is -2.08. The number of esters is 1. The van der Waals surface area contributed by atoms with Crippen molar-refractivity contribution >= 4 is 11.8 Å². The van der Waals surface area contributed by atoms with Gasteiger partial charge in [0.2, 0.25) is 0 Å². The normalized spacial score (nSPS) is 10.9. The molecule has 16 heavy (non-hydrogen) atoms. The number of rotatable bonds is 8. The quantitative estimate of drug-likeness (QED) is 0.598. The molecule has 4 nitrogen and oxygen atoms in total. The summed E-state index contributed by atoms with van der Waals surface area (Å²) in [5.74, 6) is -0.189. The van der Waals surface area contributed by atoms with Crippen molar-refractivity contribution in [2.45, 2.75) is 46.6 Å². The summed E-state index contributed by atoms with van der Waals surface area (Å²) in [6.45, 7) is 8.03. The summed E-state index contributed by atoms with van der Waals surface area (Å²) in [5.41, 5.74) is 0. The van der Waals surface area contributed by atoms with Crippen molar-refractivity contribution in [2.24, 2.45) is 5.92 Å². The molecule has 4 heteroatoms. The van der Waals surface area contributed by atoms with E-state index in [1.165, 1.54) is 0 Å². The van der Waals surface area contributed by atoms with Crippen LogP contribution in [0.4, 0.5) is 0 Å². The van der Waals surface area contributed by atoms with Crippen LogP contribution in [0.15, 0.2) is 0 Å². The summed E-state index contributed by atoms with van der Waals surface area (Å²) < 4.78 is 10.1. The van der Waals surface area contributed by atoms with E-state index < -0.39 is 0 Å². The van der Waals surface area contributed by atoms with E-state index in [1.54, 1.807) is 0 Å². The van der Waals surface area contributed by atoms with Crippen LogP contribution in [-0.2, 0) is 19.1 Å². The molecule has 0 fully saturated rings. The molecule has 0 saturated carbocycles. The fourth-order valence-corrected chi connectivity index (χ4v) is 1.00. The molecule has 0 unspecified atom stereocenters. The van der Waals surface area contributed by atoms with Gasteiger partial charge in [-0.15, -0.1) is 0 Å². The van der Waals surface area contributed by atoms with E-state index in [9.17, 15) is 9.59 Å². The second-order valence-corrected chi connectivity index (χ2v) is 4.26. The lowest BCUT2D eigenvalue weighted by Crippen LogP contribution is -2.15. The van der Waals surface area contributed by atoms with Crippen LogP contribution in [0.5, 0.6) is 0 Å². The van der Waals surface area contributed by atoms with Gasteiger partial charge in [0.15, 0.2) is 0 Å². The van der Waals surface area contributed by atoms with Crippen LogP contribution in [-0.4, -0.2) is 31.1 Å². The first-order valence-corrected chi connectivity index (χ1v) is 5.73. The highest BCUT2D eigenvalue weighted by Crippen LogP contribution is 2.00. The van der Waals surface area contributed by atoms with Crippen molar-refractivity contribution in [3.05, 3.63) is 0 Å². The highest BCUT2D eigenvalue weighted by Gasteiger charge is 2.09. The smallest absolute Gasteiger partial charge is 0.308 e. The van der Waals surface area contributed by atoms with E-state index in [1.807, 2.05) is 27.7 Å². The SMILES string of the molecule is CC(C)OCCC(=O)OCCC(=O)C(C)C. The number of ether oxygens (including phenoxy) is 2. The highest BCUT2D eigenvalue weighted by molar-refractivity contribution is 5.80. The average Bonchev–Trinajstić information content (AvgIpc) is 2.16. The zero-order valence-electron chi connectivity index (χ0n) is 10.6. The fraction of sp³-hybridized carbons (Fsp3) is 0.833. The maximum absolute atomic E-state index is 11.2. The molecule has 0 spiro atoms. The van der Waals surface area contributed by atoms with Crippen molar-refractivity contribution in [1.29, 1.82) is 0 Å². The first kappa shape index (κ1) is 15.1. The van der Waals surface area contributed by atoms with Crippen molar-refractivity contribution in [3.63, 3.8) is 0 Å². The molecule has 0 aromatic carbocycles. The molecular formula is C12H22O4. The maximum Gasteiger partial charge on any atom is 0.308 e. The van der Waals surface area contributed by atoms with Crippen LogP contribution in [0.2, 0.25) is 0 Å². The van der Waals surface area contributed by atoms with Crippen molar-refractivity contribution < 1.29 is 19.1 Å². The van der Waals surface area contributed by atoms with Crippen LogP contribution in [0, 0.1) is 5.92 Å². The van der Waals surface area contributed by atoms with Crippen molar-refractivity contribution in [3.8, 4) is 0 Å². The third-order valence-electron chi connectivity index (χ3n) is 2.01. The fourth-order valence-electron chi connectivity index (χ4n) is 1.00. The van der Waals surface area contributed by atoms with Crippen molar-refractivity contribution in [2.75, 3.05) is 13.2 Å². The lowest BCUT2D eigenvalue weighted by atomic mass is 10.1. The Morgan fingerprint density at radius 3 is 2.12 bits per heavy atom. The molecule has 0 aliphatic heterocycles. The minimum Gasteiger partial charge on any atom is -0.465 e. The van der Waals surface area contributed by atoms with E-state index in [-0.39, 0.29) is 36.8 Å². The summed E-state index contributed by atoms with van der Waals surface area (Å²) in [6, 6.07) is 0. The van der Waals surface area contributed by atoms with Crippen LogP contribution >= 0.6 is 0 Å². The summed E-state index contributed by atoms with van der Waals surface area (Å²) in [6.07, 6.45) is 0.665. The number of Topliss-reactive ketones (excluding diaryl/α,β-unsaturated/α-hetero) is 1. The Labute approximate surface area is 97.3 Å². The largest absolute Gasteiger partial charge is 0.465 e. The molecule has 0 atom stereocenters. The van der Waals surface area contributed by atoms with Crippen LogP contribution < -0.4 is 0 Å². The highest BCUT2D eigenvalue weighted by atomic mass is 16.5. The number of ketones is 1. The molecule has 0 aromatic rings. The second-order valence-electron chi connectivity index (χ2n) is 4.26. The van der Waals surface area contributed by atoms with E-state index in [0.717, 1.165) is 0 Å².